The number of aliphatic hydroxyl groups is 1. The van der Waals surface area contributed by atoms with Crippen LogP contribution in [0.2, 0.25) is 0 Å². The van der Waals surface area contributed by atoms with Crippen LogP contribution in [0.15, 0.2) is 30.6 Å². The highest BCUT2D eigenvalue weighted by Crippen LogP contribution is 2.28. The molecule has 2 aromatic rings. The zero-order chi connectivity index (χ0) is 22.5. The molecule has 2 aliphatic rings. The van der Waals surface area contributed by atoms with Gasteiger partial charge in [-0.3, -0.25) is 4.79 Å². The number of hydrogen-bond acceptors (Lipinski definition) is 8. The van der Waals surface area contributed by atoms with E-state index in [1.165, 1.54) is 13.4 Å². The summed E-state index contributed by atoms with van der Waals surface area (Å²) in [6.07, 6.45) is 4.26. The number of rotatable bonds is 6. The van der Waals surface area contributed by atoms with E-state index in [2.05, 4.69) is 37.4 Å². The summed E-state index contributed by atoms with van der Waals surface area (Å²) >= 11 is 0. The standard InChI is InChI=1S/C23H32N6O3/c1-28-11-13-29(14-12-28)18-7-3-17(4-8-18)27-22(31)20-21(24-15-25-23(20)32-2)26-16-5-9-19(30)10-6-16/h3-4,7-8,15-16,19,30H,5-6,9-14H2,1-2H3,(H,27,31)(H,24,25,26). The minimum absolute atomic E-state index is 0.146. The molecule has 1 aromatic carbocycles. The van der Waals surface area contributed by atoms with E-state index in [0.717, 1.165) is 57.5 Å². The molecule has 0 bridgehead atoms. The SMILES string of the molecule is COc1ncnc(NC2CCC(O)CC2)c1C(=O)Nc1ccc(N2CCN(C)CC2)cc1. The van der Waals surface area contributed by atoms with Gasteiger partial charge in [0.05, 0.1) is 13.2 Å². The number of aliphatic hydroxyl groups excluding tert-OH is 1. The lowest BCUT2D eigenvalue weighted by molar-refractivity contribution is 0.102. The van der Waals surface area contributed by atoms with Gasteiger partial charge in [-0.15, -0.1) is 0 Å². The van der Waals surface area contributed by atoms with Crippen LogP contribution in [0.25, 0.3) is 0 Å². The zero-order valence-corrected chi connectivity index (χ0v) is 18.8. The van der Waals surface area contributed by atoms with Gasteiger partial charge in [0, 0.05) is 43.6 Å². The van der Waals surface area contributed by atoms with E-state index in [9.17, 15) is 9.90 Å². The number of hydrogen-bond donors (Lipinski definition) is 3. The Morgan fingerprint density at radius 1 is 1.06 bits per heavy atom. The average Bonchev–Trinajstić information content (AvgIpc) is 2.81. The number of carbonyl (C=O) groups is 1. The van der Waals surface area contributed by atoms with Crippen LogP contribution in [0.3, 0.4) is 0 Å². The molecule has 1 aliphatic heterocycles. The molecule has 0 unspecified atom stereocenters. The molecule has 9 heteroatoms. The van der Waals surface area contributed by atoms with Gasteiger partial charge in [0.15, 0.2) is 0 Å². The fraction of sp³-hybridized carbons (Fsp3) is 0.522. The maximum Gasteiger partial charge on any atom is 0.264 e. The van der Waals surface area contributed by atoms with Crippen LogP contribution in [-0.2, 0) is 0 Å². The van der Waals surface area contributed by atoms with Crippen molar-refractivity contribution in [1.29, 1.82) is 0 Å². The predicted molar refractivity (Wildman–Crippen MR) is 125 cm³/mol. The second-order valence-corrected chi connectivity index (χ2v) is 8.55. The van der Waals surface area contributed by atoms with Crippen LogP contribution in [0.1, 0.15) is 36.0 Å². The summed E-state index contributed by atoms with van der Waals surface area (Å²) < 4.78 is 5.36. The van der Waals surface area contributed by atoms with E-state index in [0.29, 0.717) is 11.5 Å². The number of ether oxygens (including phenoxy) is 1. The number of nitrogens with one attached hydrogen (secondary N) is 2. The second-order valence-electron chi connectivity index (χ2n) is 8.55. The number of anilines is 3. The second kappa shape index (κ2) is 10.1. The van der Waals surface area contributed by atoms with Crippen LogP contribution >= 0.6 is 0 Å². The highest BCUT2D eigenvalue weighted by Gasteiger charge is 2.25. The van der Waals surface area contributed by atoms with Gasteiger partial charge in [-0.1, -0.05) is 0 Å². The molecule has 1 saturated carbocycles. The van der Waals surface area contributed by atoms with Crippen LogP contribution < -0.4 is 20.3 Å². The molecule has 1 aromatic heterocycles. The van der Waals surface area contributed by atoms with Gasteiger partial charge in [-0.05, 0) is 57.0 Å². The van der Waals surface area contributed by atoms with Gasteiger partial charge >= 0.3 is 0 Å². The summed E-state index contributed by atoms with van der Waals surface area (Å²) in [6.45, 7) is 4.08. The van der Waals surface area contributed by atoms with Crippen molar-refractivity contribution in [3.8, 4) is 5.88 Å². The molecule has 1 saturated heterocycles. The molecule has 0 atom stereocenters. The van der Waals surface area contributed by atoms with Gasteiger partial charge in [0.25, 0.3) is 5.91 Å². The highest BCUT2D eigenvalue weighted by atomic mass is 16.5. The average molecular weight is 441 g/mol. The van der Waals surface area contributed by atoms with Gasteiger partial charge in [-0.25, -0.2) is 9.97 Å². The number of carbonyl (C=O) groups excluding carboxylic acids is 1. The third-order valence-electron chi connectivity index (χ3n) is 6.26. The van der Waals surface area contributed by atoms with E-state index in [1.54, 1.807) is 0 Å². The number of likely N-dealkylation sites (N-methyl/N-ethyl adjacent to an activating group) is 1. The van der Waals surface area contributed by atoms with Gasteiger partial charge in [-0.2, -0.15) is 0 Å². The monoisotopic (exact) mass is 440 g/mol. The Hall–Kier alpha value is -2.91. The summed E-state index contributed by atoms with van der Waals surface area (Å²) in [7, 11) is 3.63. The van der Waals surface area contributed by atoms with Crippen molar-refractivity contribution in [3.05, 3.63) is 36.2 Å². The molecule has 2 heterocycles. The number of piperazine rings is 1. The first-order valence-electron chi connectivity index (χ1n) is 11.2. The lowest BCUT2D eigenvalue weighted by Crippen LogP contribution is -2.44. The van der Waals surface area contributed by atoms with E-state index >= 15 is 0 Å². The fourth-order valence-corrected chi connectivity index (χ4v) is 4.27. The Morgan fingerprint density at radius 2 is 1.75 bits per heavy atom. The van der Waals surface area contributed by atoms with Crippen molar-refractivity contribution in [2.45, 2.75) is 37.8 Å². The van der Waals surface area contributed by atoms with Crippen molar-refractivity contribution in [3.63, 3.8) is 0 Å². The Bertz CT molecular complexity index is 906. The Kier molecular flexibility index (Phi) is 7.06. The molecule has 9 nitrogen and oxygen atoms in total. The number of nitrogens with zero attached hydrogens (tertiary/aromatic N) is 4. The van der Waals surface area contributed by atoms with Crippen LogP contribution in [0.5, 0.6) is 5.88 Å². The summed E-state index contributed by atoms with van der Waals surface area (Å²) in [5.41, 5.74) is 2.13. The van der Waals surface area contributed by atoms with Crippen molar-refractivity contribution < 1.29 is 14.6 Å². The van der Waals surface area contributed by atoms with Crippen LogP contribution in [-0.4, -0.2) is 78.4 Å². The van der Waals surface area contributed by atoms with E-state index in [1.807, 2.05) is 24.3 Å². The molecule has 0 spiro atoms. The van der Waals surface area contributed by atoms with Gasteiger partial charge < -0.3 is 30.3 Å². The minimum Gasteiger partial charge on any atom is -0.480 e. The highest BCUT2D eigenvalue weighted by molar-refractivity contribution is 6.09. The molecule has 1 amide bonds. The van der Waals surface area contributed by atoms with Crippen molar-refractivity contribution >= 4 is 23.1 Å². The smallest absolute Gasteiger partial charge is 0.264 e. The lowest BCUT2D eigenvalue weighted by Gasteiger charge is -2.34. The molecular weight excluding hydrogens is 408 g/mol. The van der Waals surface area contributed by atoms with Crippen molar-refractivity contribution in [2.75, 3.05) is 55.9 Å². The maximum atomic E-state index is 13.2. The third kappa shape index (κ3) is 5.28. The van der Waals surface area contributed by atoms with Gasteiger partial charge in [0.1, 0.15) is 17.7 Å². The molecule has 172 valence electrons. The third-order valence-corrected chi connectivity index (χ3v) is 6.26. The first-order chi connectivity index (χ1) is 15.5. The Labute approximate surface area is 188 Å². The van der Waals surface area contributed by atoms with E-state index in [-0.39, 0.29) is 29.5 Å². The summed E-state index contributed by atoms with van der Waals surface area (Å²) in [5, 5.41) is 16.1. The quantitative estimate of drug-likeness (QED) is 0.628. The molecule has 4 rings (SSSR count). The van der Waals surface area contributed by atoms with Crippen molar-refractivity contribution in [2.24, 2.45) is 0 Å². The number of aromatic nitrogens is 2. The Balaban J connectivity index is 1.46. The summed E-state index contributed by atoms with van der Waals surface area (Å²) in [4.78, 5) is 26.3. The van der Waals surface area contributed by atoms with E-state index in [4.69, 9.17) is 4.74 Å². The normalized spacial score (nSPS) is 21.8. The zero-order valence-electron chi connectivity index (χ0n) is 18.8. The molecule has 2 fully saturated rings. The van der Waals surface area contributed by atoms with Gasteiger partial charge in [0.2, 0.25) is 5.88 Å². The molecular formula is C23H32N6O3. The Morgan fingerprint density at radius 3 is 2.41 bits per heavy atom. The van der Waals surface area contributed by atoms with Crippen LogP contribution in [0, 0.1) is 0 Å². The molecule has 3 N–H and O–H groups in total. The number of methoxy groups -OCH3 is 1. The van der Waals surface area contributed by atoms with E-state index < -0.39 is 0 Å². The maximum absolute atomic E-state index is 13.2. The fourth-order valence-electron chi connectivity index (χ4n) is 4.27. The molecule has 32 heavy (non-hydrogen) atoms. The first kappa shape index (κ1) is 22.3. The predicted octanol–water partition coefficient (Wildman–Crippen LogP) is 2.20. The summed E-state index contributed by atoms with van der Waals surface area (Å²) in [5.74, 6) is 0.350. The molecule has 1 aliphatic carbocycles. The molecule has 0 radical (unpaired) electrons. The topological polar surface area (TPSA) is 103 Å². The minimum atomic E-state index is -0.326. The first-order valence-corrected chi connectivity index (χ1v) is 11.2. The van der Waals surface area contributed by atoms with Crippen LogP contribution in [0.4, 0.5) is 17.2 Å². The summed E-state index contributed by atoms with van der Waals surface area (Å²) in [6, 6.07) is 8.04. The van der Waals surface area contributed by atoms with Crippen molar-refractivity contribution in [1.82, 2.24) is 14.9 Å². The number of benzene rings is 1. The largest absolute Gasteiger partial charge is 0.480 e. The lowest BCUT2D eigenvalue weighted by atomic mass is 9.93. The number of amides is 1.